The Morgan fingerprint density at radius 3 is 0.971 bits per heavy atom. The van der Waals surface area contributed by atoms with Gasteiger partial charge in [-0.1, -0.05) is 303 Å². The largest absolute Gasteiger partial charge is 0.456 e. The van der Waals surface area contributed by atoms with Crippen molar-refractivity contribution in [3.8, 4) is 77.9 Å². The van der Waals surface area contributed by atoms with Crippen molar-refractivity contribution < 1.29 is 8.83 Å². The molecule has 0 fully saturated rings. The van der Waals surface area contributed by atoms with E-state index in [1.807, 2.05) is 12.1 Å². The van der Waals surface area contributed by atoms with Crippen molar-refractivity contribution in [2.75, 3.05) is 9.80 Å². The van der Waals surface area contributed by atoms with Crippen LogP contribution >= 0.6 is 0 Å². The zero-order chi connectivity index (χ0) is 68.6. The molecule has 0 N–H and O–H groups in total. The maximum absolute atomic E-state index is 6.56. The van der Waals surface area contributed by atoms with Gasteiger partial charge in [0.2, 0.25) is 0 Å². The molecule has 2 heterocycles. The van der Waals surface area contributed by atoms with E-state index < -0.39 is 0 Å². The summed E-state index contributed by atoms with van der Waals surface area (Å²) in [6.07, 6.45) is 0. The Hall–Kier alpha value is -13.8. The van der Waals surface area contributed by atoms with Crippen LogP contribution in [0.25, 0.3) is 165 Å². The van der Waals surface area contributed by atoms with Crippen molar-refractivity contribution >= 4 is 121 Å². The number of fused-ring (bicyclic) bond motifs is 12. The monoisotopic (exact) mass is 1320 g/mol. The molecule has 486 valence electrons. The molecule has 18 aromatic carbocycles. The number of rotatable bonds is 13. The number of nitrogens with zero attached hydrogens (tertiary/aromatic N) is 2. The highest BCUT2D eigenvalue weighted by Crippen LogP contribution is 2.54. The lowest BCUT2D eigenvalue weighted by molar-refractivity contribution is 0.668. The highest BCUT2D eigenvalue weighted by molar-refractivity contribution is 6.25. The molecule has 0 aliphatic carbocycles. The minimum Gasteiger partial charge on any atom is -0.456 e. The van der Waals surface area contributed by atoms with Crippen LogP contribution in [0.2, 0.25) is 0 Å². The van der Waals surface area contributed by atoms with E-state index in [0.717, 1.165) is 166 Å². The number of hydrogen-bond acceptors (Lipinski definition) is 4. The van der Waals surface area contributed by atoms with Crippen molar-refractivity contribution in [2.45, 2.75) is 0 Å². The minimum atomic E-state index is 0.845. The summed E-state index contributed by atoms with van der Waals surface area (Å²) in [5.74, 6) is 0. The zero-order valence-electron chi connectivity index (χ0n) is 56.7. The van der Waals surface area contributed by atoms with Crippen LogP contribution in [-0.4, -0.2) is 0 Å². The molecule has 104 heavy (non-hydrogen) atoms. The Bertz CT molecular complexity index is 6720. The lowest BCUT2D eigenvalue weighted by Gasteiger charge is -2.31. The lowest BCUT2D eigenvalue weighted by Crippen LogP contribution is -2.13. The number of benzene rings is 18. The molecule has 20 aromatic rings. The zero-order valence-corrected chi connectivity index (χ0v) is 56.7. The second kappa shape index (κ2) is 25.1. The van der Waals surface area contributed by atoms with Gasteiger partial charge in [-0.15, -0.1) is 0 Å². The number of para-hydroxylation sites is 2. The summed E-state index contributed by atoms with van der Waals surface area (Å²) in [7, 11) is 0. The third-order valence-corrected chi connectivity index (χ3v) is 21.0. The van der Waals surface area contributed by atoms with Crippen molar-refractivity contribution in [3.63, 3.8) is 0 Å². The quantitative estimate of drug-likeness (QED) is 0.108. The second-order valence-electron chi connectivity index (χ2n) is 26.9. The first-order valence-electron chi connectivity index (χ1n) is 35.6. The molecule has 0 spiro atoms. The van der Waals surface area contributed by atoms with E-state index in [1.54, 1.807) is 0 Å². The molecule has 0 amide bonds. The van der Waals surface area contributed by atoms with Gasteiger partial charge in [0, 0.05) is 66.2 Å². The van der Waals surface area contributed by atoms with Crippen molar-refractivity contribution in [3.05, 3.63) is 388 Å². The lowest BCUT2D eigenvalue weighted by atomic mass is 9.87. The van der Waals surface area contributed by atoms with Crippen molar-refractivity contribution in [1.82, 2.24) is 0 Å². The summed E-state index contributed by atoms with van der Waals surface area (Å²) in [5.41, 5.74) is 25.6. The Labute approximate surface area is 602 Å². The summed E-state index contributed by atoms with van der Waals surface area (Å²) >= 11 is 0. The van der Waals surface area contributed by atoms with Crippen LogP contribution in [-0.2, 0) is 0 Å². The Kier molecular flexibility index (Phi) is 14.5. The van der Waals surface area contributed by atoms with Gasteiger partial charge in [0.25, 0.3) is 0 Å². The van der Waals surface area contributed by atoms with Crippen LogP contribution in [0.4, 0.5) is 34.1 Å². The molecule has 0 unspecified atom stereocenters. The van der Waals surface area contributed by atoms with Crippen LogP contribution in [0.3, 0.4) is 0 Å². The molecule has 0 radical (unpaired) electrons. The first-order valence-corrected chi connectivity index (χ1v) is 35.6. The fourth-order valence-corrected chi connectivity index (χ4v) is 16.3. The summed E-state index contributed by atoms with van der Waals surface area (Å²) < 4.78 is 13.1. The maximum atomic E-state index is 6.56. The minimum absolute atomic E-state index is 0.845. The summed E-state index contributed by atoms with van der Waals surface area (Å²) in [4.78, 5) is 4.99. The fourth-order valence-electron chi connectivity index (χ4n) is 16.3. The topological polar surface area (TPSA) is 32.8 Å². The third-order valence-electron chi connectivity index (χ3n) is 21.0. The molecule has 0 saturated carbocycles. The van der Waals surface area contributed by atoms with Crippen LogP contribution < -0.4 is 9.80 Å². The fraction of sp³-hybridized carbons (Fsp3) is 0. The van der Waals surface area contributed by atoms with E-state index in [1.165, 1.54) is 32.5 Å². The molecule has 0 bridgehead atoms. The average molecular weight is 1330 g/mol. The third kappa shape index (κ3) is 10.2. The number of furan rings is 2. The Morgan fingerprint density at radius 1 is 0.154 bits per heavy atom. The van der Waals surface area contributed by atoms with Gasteiger partial charge in [-0.05, 0) is 184 Å². The first-order chi connectivity index (χ1) is 51.6. The highest BCUT2D eigenvalue weighted by Gasteiger charge is 2.28. The van der Waals surface area contributed by atoms with Crippen LogP contribution in [0, 0.1) is 0 Å². The number of anilines is 6. The van der Waals surface area contributed by atoms with Gasteiger partial charge in [0.05, 0.1) is 11.4 Å². The average Bonchev–Trinajstić information content (AvgIpc) is 0.804. The molecule has 0 aliphatic rings. The first kappa shape index (κ1) is 60.2. The predicted molar refractivity (Wildman–Crippen MR) is 438 cm³/mol. The normalized spacial score (nSPS) is 11.7. The SMILES string of the molecule is c1ccc(-c2ccc(N(c3ccc4oc5ccccc5c4c3)c3c(-c4cccc(-c5ccc(-c6ccc(N(c7ccc8oc9ccccc9c8c7)c7c(-c8ccccc8)c8ccccc8c8ccccc78)cc6)c(-c6ccccc6)c5)c4)c4ccccc4c4ccccc34)cc2-c2ccccc2)cc1. The second-order valence-corrected chi connectivity index (χ2v) is 26.9. The van der Waals surface area contributed by atoms with Crippen LogP contribution in [0.1, 0.15) is 0 Å². The van der Waals surface area contributed by atoms with E-state index >= 15 is 0 Å². The van der Waals surface area contributed by atoms with Gasteiger partial charge < -0.3 is 18.6 Å². The van der Waals surface area contributed by atoms with Crippen LogP contribution in [0.15, 0.2) is 397 Å². The standard InChI is InChI=1S/C100H64N2O2/c1-5-26-65(27-6-1)78-57-53-74(62-90(78)67-30-9-3-10-31-67)102(76-55-59-96-92(64-76)84-41-22-24-47-94(84)104-96)100-88-45-20-16-39-82(88)80-37-14-18-43-86(80)98(100)72-35-25-34-70(60-72)71-50-56-77(89(61-71)66-28-7-2-8-29-66)68-48-51-73(52-49-68)101(75-54-58-95-91(63-75)83-40-21-23-46-93(83)103-95)99-87-44-19-15-38-81(87)79-36-13-17-42-85(79)97(99)69-32-11-4-12-33-69/h1-64H. The smallest absolute Gasteiger partial charge is 0.135 e. The van der Waals surface area contributed by atoms with E-state index in [-0.39, 0.29) is 0 Å². The molecular weight excluding hydrogens is 1260 g/mol. The van der Waals surface area contributed by atoms with Gasteiger partial charge in [-0.25, -0.2) is 0 Å². The molecular formula is C100H64N2O2. The maximum Gasteiger partial charge on any atom is 0.135 e. The van der Waals surface area contributed by atoms with E-state index in [9.17, 15) is 0 Å². The van der Waals surface area contributed by atoms with Crippen LogP contribution in [0.5, 0.6) is 0 Å². The van der Waals surface area contributed by atoms with Crippen molar-refractivity contribution in [2.24, 2.45) is 0 Å². The summed E-state index contributed by atoms with van der Waals surface area (Å²) in [6.45, 7) is 0. The summed E-state index contributed by atoms with van der Waals surface area (Å²) in [6, 6.07) is 142. The van der Waals surface area contributed by atoms with Gasteiger partial charge in [0.1, 0.15) is 22.3 Å². The van der Waals surface area contributed by atoms with E-state index in [2.05, 4.69) is 386 Å². The van der Waals surface area contributed by atoms with Gasteiger partial charge in [-0.3, -0.25) is 0 Å². The summed E-state index contributed by atoms with van der Waals surface area (Å²) in [5, 5.41) is 13.7. The molecule has 4 nitrogen and oxygen atoms in total. The van der Waals surface area contributed by atoms with Gasteiger partial charge in [0.15, 0.2) is 0 Å². The molecule has 0 atom stereocenters. The van der Waals surface area contributed by atoms with Crippen molar-refractivity contribution in [1.29, 1.82) is 0 Å². The van der Waals surface area contributed by atoms with E-state index in [4.69, 9.17) is 8.83 Å². The molecule has 20 rings (SSSR count). The highest BCUT2D eigenvalue weighted by atomic mass is 16.3. The van der Waals surface area contributed by atoms with E-state index in [0.29, 0.717) is 0 Å². The Morgan fingerprint density at radius 2 is 0.462 bits per heavy atom. The molecule has 4 heteroatoms. The number of hydrogen-bond donors (Lipinski definition) is 0. The predicted octanol–water partition coefficient (Wildman–Crippen LogP) is 28.7. The molecule has 2 aromatic heterocycles. The molecule has 0 saturated heterocycles. The van der Waals surface area contributed by atoms with Gasteiger partial charge >= 0.3 is 0 Å². The Balaban J connectivity index is 0.766. The molecule has 0 aliphatic heterocycles. The van der Waals surface area contributed by atoms with Gasteiger partial charge in [-0.2, -0.15) is 0 Å².